The monoisotopic (exact) mass is 584 g/mol. The SMILES string of the molecule is CC.CSN1[CH-]N(SC)CC1.[CH-]=Cc1cc(F)ccc1CNc1c(C)cccc1C.[Cl][Ru+2]. The average Bonchev–Trinajstić information content (AvgIpc) is 3.31. The van der Waals surface area contributed by atoms with Crippen LogP contribution < -0.4 is 5.32 Å². The Labute approximate surface area is 217 Å². The number of para-hydroxylation sites is 1. The molecule has 0 spiro atoms. The summed E-state index contributed by atoms with van der Waals surface area (Å²) in [6.45, 7) is 18.7. The summed E-state index contributed by atoms with van der Waals surface area (Å²) in [5, 5.41) is 3.39. The maximum absolute atomic E-state index is 13.1. The standard InChI is InChI=1S/C17H17FN.C5H11N2S2.C2H6.ClH.Ru/c1-4-14-10-16(18)9-8-15(14)11-19-17-12(2)6-5-7-13(17)3;1-8-6-3-4-7(5-6)9-2;1-2;;/h1,4-10,19H,11H2,2-3H3;5H,3-4H2,1-2H3;1-2H3;1H;/q2*-1;;;+3/p-1. The van der Waals surface area contributed by atoms with Gasteiger partial charge in [-0.1, -0.05) is 38.1 Å². The van der Waals surface area contributed by atoms with Gasteiger partial charge in [0.05, 0.1) is 0 Å². The van der Waals surface area contributed by atoms with Crippen LogP contribution in [0.5, 0.6) is 0 Å². The number of hydrogen-bond acceptors (Lipinski definition) is 5. The average molecular weight is 584 g/mol. The van der Waals surface area contributed by atoms with Gasteiger partial charge in [0.2, 0.25) is 0 Å². The molecule has 32 heavy (non-hydrogen) atoms. The summed E-state index contributed by atoms with van der Waals surface area (Å²) in [5.74, 6) is -0.271. The maximum atomic E-state index is 13.1. The van der Waals surface area contributed by atoms with Crippen LogP contribution in [0.4, 0.5) is 10.1 Å². The van der Waals surface area contributed by atoms with E-state index >= 15 is 0 Å². The summed E-state index contributed by atoms with van der Waals surface area (Å²) in [4.78, 5) is 0. The normalized spacial score (nSPS) is 13.0. The number of rotatable bonds is 6. The molecule has 0 unspecified atom stereocenters. The first-order valence-electron chi connectivity index (χ1n) is 10.2. The molecule has 0 aliphatic carbocycles. The van der Waals surface area contributed by atoms with Crippen LogP contribution in [-0.2, 0) is 23.9 Å². The molecule has 0 bridgehead atoms. The third-order valence-electron chi connectivity index (χ3n) is 4.49. The summed E-state index contributed by atoms with van der Waals surface area (Å²) in [5.41, 5.74) is 5.21. The third-order valence-corrected chi connectivity index (χ3v) is 5.98. The fourth-order valence-electron chi connectivity index (χ4n) is 2.89. The number of hydrogen-bond donors (Lipinski definition) is 1. The zero-order valence-corrected chi connectivity index (χ0v) is 23.8. The second kappa shape index (κ2) is 18.8. The summed E-state index contributed by atoms with van der Waals surface area (Å²) in [6, 6.07) is 10.8. The first-order valence-corrected chi connectivity index (χ1v) is 14.8. The molecule has 1 heterocycles. The van der Waals surface area contributed by atoms with Crippen molar-refractivity contribution < 1.29 is 21.7 Å². The van der Waals surface area contributed by atoms with Crippen LogP contribution in [0.1, 0.15) is 36.1 Å². The fourth-order valence-corrected chi connectivity index (χ4v) is 3.90. The van der Waals surface area contributed by atoms with Gasteiger partial charge in [-0.25, -0.2) is 10.5 Å². The molecule has 179 valence electrons. The molecule has 0 amide bonds. The van der Waals surface area contributed by atoms with E-state index in [-0.39, 0.29) is 5.82 Å². The van der Waals surface area contributed by atoms with E-state index in [9.17, 15) is 4.39 Å². The van der Waals surface area contributed by atoms with E-state index in [0.29, 0.717) is 6.54 Å². The molecule has 1 aliphatic heterocycles. The van der Waals surface area contributed by atoms with Gasteiger partial charge in [0, 0.05) is 12.2 Å². The predicted molar refractivity (Wildman–Crippen MR) is 140 cm³/mol. The molecule has 8 heteroatoms. The number of nitrogens with zero attached hydrogens (tertiary/aromatic N) is 2. The van der Waals surface area contributed by atoms with E-state index in [1.165, 1.54) is 29.3 Å². The Kier molecular flexibility index (Phi) is 18.5. The Bertz CT molecular complexity index is 766. The molecule has 1 N–H and O–H groups in total. The summed E-state index contributed by atoms with van der Waals surface area (Å²) in [7, 11) is 4.57. The minimum absolute atomic E-state index is 0.271. The van der Waals surface area contributed by atoms with E-state index in [1.54, 1.807) is 30.0 Å². The Morgan fingerprint density at radius 2 is 1.62 bits per heavy atom. The second-order valence-corrected chi connectivity index (χ2v) is 8.06. The molecule has 1 saturated heterocycles. The zero-order valence-electron chi connectivity index (χ0n) is 19.6. The molecular formula is C24H34ClFN3RuS2. The first kappa shape index (κ1) is 31.4. The van der Waals surface area contributed by atoms with Crippen LogP contribution in [0.25, 0.3) is 6.08 Å². The molecule has 1 aliphatic rings. The van der Waals surface area contributed by atoms with Gasteiger partial charge in [-0.3, -0.25) is 6.58 Å². The first-order chi connectivity index (χ1) is 15.5. The van der Waals surface area contributed by atoms with Gasteiger partial charge in [-0.2, -0.15) is 12.2 Å². The summed E-state index contributed by atoms with van der Waals surface area (Å²) in [6.07, 6.45) is 5.63. The van der Waals surface area contributed by atoms with Crippen molar-refractivity contribution in [1.29, 1.82) is 0 Å². The molecule has 3 nitrogen and oxygen atoms in total. The number of anilines is 1. The molecule has 0 saturated carbocycles. The van der Waals surface area contributed by atoms with Gasteiger partial charge >= 0.3 is 27.0 Å². The van der Waals surface area contributed by atoms with Crippen molar-refractivity contribution in [2.24, 2.45) is 0 Å². The summed E-state index contributed by atoms with van der Waals surface area (Å²) >= 11 is 5.37. The van der Waals surface area contributed by atoms with Crippen molar-refractivity contribution in [3.63, 3.8) is 0 Å². The zero-order chi connectivity index (χ0) is 24.5. The van der Waals surface area contributed by atoms with Crippen molar-refractivity contribution in [1.82, 2.24) is 8.61 Å². The van der Waals surface area contributed by atoms with Gasteiger partial charge in [0.1, 0.15) is 5.82 Å². The quantitative estimate of drug-likeness (QED) is 0.215. The van der Waals surface area contributed by atoms with Crippen LogP contribution in [0.15, 0.2) is 36.4 Å². The third kappa shape index (κ3) is 11.0. The van der Waals surface area contributed by atoms with Crippen molar-refractivity contribution in [3.8, 4) is 0 Å². The molecule has 1 fully saturated rings. The van der Waals surface area contributed by atoms with Gasteiger partial charge in [0.15, 0.2) is 0 Å². The Hall–Kier alpha value is -0.557. The minimum atomic E-state index is -0.271. The van der Waals surface area contributed by atoms with E-state index in [4.69, 9.17) is 6.58 Å². The van der Waals surface area contributed by atoms with Crippen LogP contribution >= 0.6 is 33.6 Å². The van der Waals surface area contributed by atoms with Crippen molar-refractivity contribution in [3.05, 3.63) is 77.7 Å². The van der Waals surface area contributed by atoms with E-state index in [0.717, 1.165) is 29.9 Å². The summed E-state index contributed by atoms with van der Waals surface area (Å²) < 4.78 is 17.6. The second-order valence-electron chi connectivity index (χ2n) is 6.39. The molecule has 2 aromatic rings. The number of aryl methyl sites for hydroxylation is 2. The molecular weight excluding hydrogens is 550 g/mol. The molecule has 2 aromatic carbocycles. The fraction of sp³-hybridized carbons (Fsp3) is 0.375. The van der Waals surface area contributed by atoms with E-state index < -0.39 is 0 Å². The molecule has 0 radical (unpaired) electrons. The van der Waals surface area contributed by atoms with Gasteiger partial charge < -0.3 is 13.9 Å². The van der Waals surface area contributed by atoms with Crippen LogP contribution in [0, 0.1) is 32.9 Å². The number of halogens is 2. The Balaban J connectivity index is 0.000000619. The molecule has 0 atom stereocenters. The Morgan fingerprint density at radius 1 is 1.09 bits per heavy atom. The number of nitrogens with one attached hydrogen (secondary N) is 1. The van der Waals surface area contributed by atoms with Crippen LogP contribution in [-0.4, -0.2) is 34.2 Å². The van der Waals surface area contributed by atoms with Gasteiger partial charge in [-0.15, -0.1) is 35.5 Å². The Morgan fingerprint density at radius 3 is 2.06 bits per heavy atom. The van der Waals surface area contributed by atoms with Crippen LogP contribution in [0.2, 0.25) is 0 Å². The topological polar surface area (TPSA) is 18.5 Å². The molecule has 0 aromatic heterocycles. The van der Waals surface area contributed by atoms with E-state index in [1.807, 2.05) is 37.2 Å². The predicted octanol–water partition coefficient (Wildman–Crippen LogP) is 7.49. The van der Waals surface area contributed by atoms with Crippen molar-refractivity contribution in [2.45, 2.75) is 34.2 Å². The van der Waals surface area contributed by atoms with Gasteiger partial charge in [-0.05, 0) is 56.6 Å². The van der Waals surface area contributed by atoms with Crippen molar-refractivity contribution in [2.75, 3.05) is 30.9 Å². The molecule has 3 rings (SSSR count). The van der Waals surface area contributed by atoms with Crippen molar-refractivity contribution >= 4 is 45.4 Å². The number of benzene rings is 2. The van der Waals surface area contributed by atoms with E-state index in [2.05, 4.69) is 68.8 Å². The van der Waals surface area contributed by atoms with Crippen LogP contribution in [0.3, 0.4) is 0 Å². The van der Waals surface area contributed by atoms with Gasteiger partial charge in [0.25, 0.3) is 0 Å².